The van der Waals surface area contributed by atoms with Gasteiger partial charge < -0.3 is 20.6 Å². The lowest BCUT2D eigenvalue weighted by molar-refractivity contribution is 0.176. The molecule has 0 spiro atoms. The molecule has 2 aromatic heterocycles. The molecule has 3 heterocycles. The maximum atomic E-state index is 9.42. The third-order valence-corrected chi connectivity index (χ3v) is 4.41. The van der Waals surface area contributed by atoms with Crippen molar-refractivity contribution in [1.82, 2.24) is 19.9 Å². The Labute approximate surface area is 155 Å². The summed E-state index contributed by atoms with van der Waals surface area (Å²) in [5.41, 5.74) is 9.09. The van der Waals surface area contributed by atoms with Crippen LogP contribution in [0.15, 0.2) is 61.2 Å². The Morgan fingerprint density at radius 1 is 1.07 bits per heavy atom. The molecule has 1 aliphatic heterocycles. The fourth-order valence-corrected chi connectivity index (χ4v) is 3.06. The predicted molar refractivity (Wildman–Crippen MR) is 102 cm³/mol. The van der Waals surface area contributed by atoms with Gasteiger partial charge in [0.2, 0.25) is 0 Å². The lowest BCUT2D eigenvalue weighted by atomic mass is 9.97. The van der Waals surface area contributed by atoms with Gasteiger partial charge in [0.05, 0.1) is 6.33 Å². The summed E-state index contributed by atoms with van der Waals surface area (Å²) in [6.07, 6.45) is 4.96. The molecule has 0 aliphatic carbocycles. The molecule has 1 aliphatic rings. The maximum absolute atomic E-state index is 9.42. The van der Waals surface area contributed by atoms with Crippen LogP contribution in [-0.4, -0.2) is 25.0 Å². The number of aromatic amines is 1. The zero-order valence-corrected chi connectivity index (χ0v) is 14.5. The lowest BCUT2D eigenvalue weighted by Gasteiger charge is -2.26. The highest BCUT2D eigenvalue weighted by Crippen LogP contribution is 2.36. The van der Waals surface area contributed by atoms with Crippen molar-refractivity contribution in [3.63, 3.8) is 0 Å². The number of anilines is 1. The van der Waals surface area contributed by atoms with Gasteiger partial charge in [-0.3, -0.25) is 0 Å². The smallest absolute Gasteiger partial charge is 0.182 e. The van der Waals surface area contributed by atoms with Crippen LogP contribution in [0.5, 0.6) is 11.5 Å². The number of aryl methyl sites for hydroxylation is 1. The molecule has 1 atom stereocenters. The van der Waals surface area contributed by atoms with E-state index in [0.717, 1.165) is 24.2 Å². The zero-order chi connectivity index (χ0) is 18.6. The first-order valence-corrected chi connectivity index (χ1v) is 8.64. The summed E-state index contributed by atoms with van der Waals surface area (Å²) >= 11 is 0. The fourth-order valence-electron chi connectivity index (χ4n) is 3.06. The van der Waals surface area contributed by atoms with E-state index in [1.54, 1.807) is 12.1 Å². The van der Waals surface area contributed by atoms with E-state index < -0.39 is 0 Å². The number of nitrogens with one attached hydrogen (secondary N) is 1. The van der Waals surface area contributed by atoms with Crippen LogP contribution in [0.3, 0.4) is 0 Å². The Morgan fingerprint density at radius 2 is 1.93 bits per heavy atom. The minimum Gasteiger partial charge on any atom is -0.508 e. The molecular formula is C20H19N5O2. The molecule has 7 heteroatoms. The van der Waals surface area contributed by atoms with Gasteiger partial charge in [0.15, 0.2) is 11.5 Å². The number of benzene rings is 2. The average Bonchev–Trinajstić information content (AvgIpc) is 3.19. The van der Waals surface area contributed by atoms with Crippen LogP contribution in [0.4, 0.5) is 5.82 Å². The molecule has 0 bridgehead atoms. The number of rotatable bonds is 1. The molecule has 0 amide bonds. The SMILES string of the molecule is Nc1ncnc2nc[nH]c12.Oc1ccc2c(c1)CCC(c1ccccc1)O2. The van der Waals surface area contributed by atoms with E-state index in [0.29, 0.717) is 22.7 Å². The zero-order valence-electron chi connectivity index (χ0n) is 14.5. The van der Waals surface area contributed by atoms with Crippen LogP contribution >= 0.6 is 0 Å². The lowest BCUT2D eigenvalue weighted by Crippen LogP contribution is -2.14. The van der Waals surface area contributed by atoms with Crippen LogP contribution in [0.2, 0.25) is 0 Å². The number of hydrogen-bond donors (Lipinski definition) is 3. The van der Waals surface area contributed by atoms with Crippen LogP contribution in [0, 0.1) is 0 Å². The van der Waals surface area contributed by atoms with E-state index in [1.807, 2.05) is 24.3 Å². The summed E-state index contributed by atoms with van der Waals surface area (Å²) in [6.45, 7) is 0. The van der Waals surface area contributed by atoms with Crippen LogP contribution in [0.1, 0.15) is 23.7 Å². The molecule has 136 valence electrons. The van der Waals surface area contributed by atoms with Gasteiger partial charge in [-0.25, -0.2) is 15.0 Å². The molecule has 27 heavy (non-hydrogen) atoms. The first-order valence-electron chi connectivity index (χ1n) is 8.64. The highest BCUT2D eigenvalue weighted by atomic mass is 16.5. The van der Waals surface area contributed by atoms with E-state index >= 15 is 0 Å². The van der Waals surface area contributed by atoms with Crippen molar-refractivity contribution in [2.24, 2.45) is 0 Å². The number of fused-ring (bicyclic) bond motifs is 2. The topological polar surface area (TPSA) is 110 Å². The number of imidazole rings is 1. The second-order valence-electron chi connectivity index (χ2n) is 6.21. The quantitative estimate of drug-likeness (QED) is 0.479. The van der Waals surface area contributed by atoms with Crippen molar-refractivity contribution in [2.45, 2.75) is 18.9 Å². The van der Waals surface area contributed by atoms with Gasteiger partial charge in [-0.15, -0.1) is 0 Å². The van der Waals surface area contributed by atoms with Gasteiger partial charge in [0.1, 0.15) is 29.4 Å². The van der Waals surface area contributed by atoms with Crippen molar-refractivity contribution >= 4 is 17.0 Å². The summed E-state index contributed by atoms with van der Waals surface area (Å²) in [5, 5.41) is 9.42. The van der Waals surface area contributed by atoms with Gasteiger partial charge in [-0.2, -0.15) is 0 Å². The number of ether oxygens (including phenoxy) is 1. The molecule has 0 saturated carbocycles. The van der Waals surface area contributed by atoms with Crippen molar-refractivity contribution in [3.05, 3.63) is 72.3 Å². The molecule has 2 aromatic carbocycles. The van der Waals surface area contributed by atoms with Gasteiger partial charge in [-0.1, -0.05) is 30.3 Å². The van der Waals surface area contributed by atoms with Crippen molar-refractivity contribution in [1.29, 1.82) is 0 Å². The first-order chi connectivity index (χ1) is 13.2. The number of hydrogen-bond acceptors (Lipinski definition) is 6. The Balaban J connectivity index is 0.000000153. The highest BCUT2D eigenvalue weighted by Gasteiger charge is 2.21. The third kappa shape index (κ3) is 3.67. The van der Waals surface area contributed by atoms with E-state index in [2.05, 4.69) is 32.1 Å². The Morgan fingerprint density at radius 3 is 2.74 bits per heavy atom. The van der Waals surface area contributed by atoms with Crippen molar-refractivity contribution < 1.29 is 9.84 Å². The average molecular weight is 361 g/mol. The van der Waals surface area contributed by atoms with Crippen molar-refractivity contribution in [2.75, 3.05) is 5.73 Å². The monoisotopic (exact) mass is 361 g/mol. The molecule has 4 N–H and O–H groups in total. The van der Waals surface area contributed by atoms with Crippen LogP contribution in [-0.2, 0) is 6.42 Å². The summed E-state index contributed by atoms with van der Waals surface area (Å²) in [5.74, 6) is 1.64. The highest BCUT2D eigenvalue weighted by molar-refractivity contribution is 5.80. The predicted octanol–water partition coefficient (Wildman–Crippen LogP) is 3.39. The molecule has 0 radical (unpaired) electrons. The van der Waals surface area contributed by atoms with E-state index in [9.17, 15) is 5.11 Å². The second-order valence-corrected chi connectivity index (χ2v) is 6.21. The molecule has 0 fully saturated rings. The Bertz CT molecular complexity index is 1050. The van der Waals surface area contributed by atoms with Crippen molar-refractivity contribution in [3.8, 4) is 11.5 Å². The van der Waals surface area contributed by atoms with Crippen LogP contribution < -0.4 is 10.5 Å². The number of H-pyrrole nitrogens is 1. The fraction of sp³-hybridized carbons (Fsp3) is 0.150. The van der Waals surface area contributed by atoms with E-state index in [-0.39, 0.29) is 6.10 Å². The second kappa shape index (κ2) is 7.33. The van der Waals surface area contributed by atoms with Gasteiger partial charge in [0, 0.05) is 0 Å². The summed E-state index contributed by atoms with van der Waals surface area (Å²) in [7, 11) is 0. The standard InChI is InChI=1S/C15H14O2.C5H5N5/c16-13-7-9-15-12(10-13)6-8-14(17-15)11-4-2-1-3-5-11;6-4-3-5(9-1-7-3)10-2-8-4/h1-5,7,9-10,14,16H,6,8H2;1-2H,(H3,6,7,8,9,10). The number of aromatic nitrogens is 4. The Kier molecular flexibility index (Phi) is 4.57. The summed E-state index contributed by atoms with van der Waals surface area (Å²) in [6, 6.07) is 15.6. The minimum atomic E-state index is 0.133. The first kappa shape index (κ1) is 16.8. The normalized spacial score (nSPS) is 15.3. The van der Waals surface area contributed by atoms with E-state index in [1.165, 1.54) is 18.2 Å². The number of nitrogens with two attached hydrogens (primary N) is 1. The van der Waals surface area contributed by atoms with Gasteiger partial charge >= 0.3 is 0 Å². The van der Waals surface area contributed by atoms with E-state index in [4.69, 9.17) is 10.5 Å². The Hall–Kier alpha value is -3.61. The number of phenols is 1. The number of aromatic hydroxyl groups is 1. The molecule has 4 aromatic rings. The minimum absolute atomic E-state index is 0.133. The number of phenolic OH excluding ortho intramolecular Hbond substituents is 1. The third-order valence-electron chi connectivity index (χ3n) is 4.41. The molecule has 1 unspecified atom stereocenters. The maximum Gasteiger partial charge on any atom is 0.182 e. The van der Waals surface area contributed by atoms with Gasteiger partial charge in [-0.05, 0) is 42.2 Å². The largest absolute Gasteiger partial charge is 0.508 e. The number of nitrogens with zero attached hydrogens (tertiary/aromatic N) is 3. The van der Waals surface area contributed by atoms with Crippen LogP contribution in [0.25, 0.3) is 11.2 Å². The summed E-state index contributed by atoms with van der Waals surface area (Å²) < 4.78 is 5.96. The molecule has 7 nitrogen and oxygen atoms in total. The number of nitrogen functional groups attached to an aromatic ring is 1. The molecule has 5 rings (SSSR count). The molecular weight excluding hydrogens is 342 g/mol. The molecule has 0 saturated heterocycles. The summed E-state index contributed by atoms with van der Waals surface area (Å²) in [4.78, 5) is 14.4. The van der Waals surface area contributed by atoms with Gasteiger partial charge in [0.25, 0.3) is 0 Å².